The van der Waals surface area contributed by atoms with E-state index in [2.05, 4.69) is 17.3 Å². The molecule has 1 aliphatic heterocycles. The first-order chi connectivity index (χ1) is 10.6. The molecule has 4 heteroatoms. The Balaban J connectivity index is 1.68. The molecule has 0 bridgehead atoms. The molecule has 0 spiro atoms. The molecule has 0 aliphatic carbocycles. The second-order valence-corrected chi connectivity index (χ2v) is 5.68. The lowest BCUT2D eigenvalue weighted by molar-refractivity contribution is 0.0951. The summed E-state index contributed by atoms with van der Waals surface area (Å²) in [6.07, 6.45) is 2.13. The highest BCUT2D eigenvalue weighted by Gasteiger charge is 2.15. The molecule has 0 radical (unpaired) electrons. The zero-order valence-electron chi connectivity index (χ0n) is 12.6. The van der Waals surface area contributed by atoms with E-state index >= 15 is 0 Å². The van der Waals surface area contributed by atoms with E-state index in [1.54, 1.807) is 12.1 Å². The number of nitrogens with one attached hydrogen (secondary N) is 1. The SMILES string of the molecule is CN1CCCc2cc(C(=O)NCc3ccc(F)cc3)ccc21. The zero-order valence-corrected chi connectivity index (χ0v) is 12.6. The number of amides is 1. The summed E-state index contributed by atoms with van der Waals surface area (Å²) in [4.78, 5) is 14.5. The molecule has 2 aromatic rings. The molecule has 3 rings (SSSR count). The minimum atomic E-state index is -0.270. The summed E-state index contributed by atoms with van der Waals surface area (Å²) in [7, 11) is 2.08. The maximum Gasteiger partial charge on any atom is 0.251 e. The Morgan fingerprint density at radius 1 is 1.23 bits per heavy atom. The predicted octanol–water partition coefficient (Wildman–Crippen LogP) is 3.14. The Morgan fingerprint density at radius 3 is 2.77 bits per heavy atom. The van der Waals surface area contributed by atoms with Gasteiger partial charge in [0.05, 0.1) is 0 Å². The van der Waals surface area contributed by atoms with Crippen LogP contribution in [0.4, 0.5) is 10.1 Å². The number of halogens is 1. The highest BCUT2D eigenvalue weighted by Crippen LogP contribution is 2.26. The number of carbonyl (C=O) groups is 1. The Kier molecular flexibility index (Phi) is 4.09. The number of carbonyl (C=O) groups excluding carboxylic acids is 1. The Hall–Kier alpha value is -2.36. The van der Waals surface area contributed by atoms with E-state index in [4.69, 9.17) is 0 Å². The summed E-state index contributed by atoms with van der Waals surface area (Å²) in [5.41, 5.74) is 3.99. The number of rotatable bonds is 3. The molecule has 1 amide bonds. The quantitative estimate of drug-likeness (QED) is 0.944. The lowest BCUT2D eigenvalue weighted by Crippen LogP contribution is -2.26. The van der Waals surface area contributed by atoms with Crippen LogP contribution >= 0.6 is 0 Å². The maximum atomic E-state index is 12.9. The lowest BCUT2D eigenvalue weighted by Gasteiger charge is -2.27. The smallest absolute Gasteiger partial charge is 0.251 e. The van der Waals surface area contributed by atoms with E-state index in [0.717, 1.165) is 24.9 Å². The third kappa shape index (κ3) is 3.11. The number of aryl methyl sites for hydroxylation is 1. The first kappa shape index (κ1) is 14.6. The molecule has 0 unspecified atom stereocenters. The van der Waals surface area contributed by atoms with Crippen molar-refractivity contribution < 1.29 is 9.18 Å². The highest BCUT2D eigenvalue weighted by molar-refractivity contribution is 5.95. The van der Waals surface area contributed by atoms with Crippen molar-refractivity contribution in [1.82, 2.24) is 5.32 Å². The second-order valence-electron chi connectivity index (χ2n) is 5.68. The molecule has 0 saturated carbocycles. The van der Waals surface area contributed by atoms with Gasteiger partial charge < -0.3 is 10.2 Å². The predicted molar refractivity (Wildman–Crippen MR) is 85.6 cm³/mol. The van der Waals surface area contributed by atoms with E-state index in [1.807, 2.05) is 18.2 Å². The normalized spacial score (nSPS) is 13.6. The van der Waals surface area contributed by atoms with Gasteiger partial charge in [0.1, 0.15) is 5.82 Å². The molecule has 3 nitrogen and oxygen atoms in total. The molecule has 1 heterocycles. The number of hydrogen-bond donors (Lipinski definition) is 1. The number of fused-ring (bicyclic) bond motifs is 1. The zero-order chi connectivity index (χ0) is 15.5. The molecular formula is C18H19FN2O. The minimum absolute atomic E-state index is 0.0969. The summed E-state index contributed by atoms with van der Waals surface area (Å²) >= 11 is 0. The van der Waals surface area contributed by atoms with E-state index < -0.39 is 0 Å². The molecule has 1 N–H and O–H groups in total. The van der Waals surface area contributed by atoms with Gasteiger partial charge in [0.25, 0.3) is 5.91 Å². The van der Waals surface area contributed by atoms with Crippen LogP contribution < -0.4 is 10.2 Å². The van der Waals surface area contributed by atoms with Gasteiger partial charge in [0.15, 0.2) is 0 Å². The van der Waals surface area contributed by atoms with E-state index in [9.17, 15) is 9.18 Å². The Morgan fingerprint density at radius 2 is 2.00 bits per heavy atom. The van der Waals surface area contributed by atoms with Gasteiger partial charge in [0.2, 0.25) is 0 Å². The fourth-order valence-corrected chi connectivity index (χ4v) is 2.81. The molecule has 0 atom stereocenters. The van der Waals surface area contributed by atoms with Crippen LogP contribution in [-0.4, -0.2) is 19.5 Å². The highest BCUT2D eigenvalue weighted by atomic mass is 19.1. The first-order valence-corrected chi connectivity index (χ1v) is 7.50. The second kappa shape index (κ2) is 6.18. The van der Waals surface area contributed by atoms with Crippen LogP contribution in [0.3, 0.4) is 0 Å². The van der Waals surface area contributed by atoms with Crippen LogP contribution in [-0.2, 0) is 13.0 Å². The molecule has 2 aromatic carbocycles. The summed E-state index contributed by atoms with van der Waals surface area (Å²) in [5, 5.41) is 2.88. The molecule has 114 valence electrons. The van der Waals surface area contributed by atoms with Crippen LogP contribution in [0.25, 0.3) is 0 Å². The third-order valence-electron chi connectivity index (χ3n) is 4.06. The van der Waals surface area contributed by atoms with Gasteiger partial charge in [-0.2, -0.15) is 0 Å². The van der Waals surface area contributed by atoms with Crippen LogP contribution in [0.2, 0.25) is 0 Å². The largest absolute Gasteiger partial charge is 0.374 e. The molecular weight excluding hydrogens is 279 g/mol. The summed E-state index contributed by atoms with van der Waals surface area (Å²) in [5.74, 6) is -0.366. The molecule has 1 aliphatic rings. The van der Waals surface area contributed by atoms with Crippen molar-refractivity contribution in [3.05, 3.63) is 65.0 Å². The van der Waals surface area contributed by atoms with Gasteiger partial charge in [0, 0.05) is 31.4 Å². The van der Waals surface area contributed by atoms with Crippen LogP contribution in [0.1, 0.15) is 27.9 Å². The fraction of sp³-hybridized carbons (Fsp3) is 0.278. The third-order valence-corrected chi connectivity index (χ3v) is 4.06. The van der Waals surface area contributed by atoms with Crippen LogP contribution in [0.15, 0.2) is 42.5 Å². The monoisotopic (exact) mass is 298 g/mol. The van der Waals surface area contributed by atoms with Crippen molar-refractivity contribution in [3.8, 4) is 0 Å². The maximum absolute atomic E-state index is 12.9. The summed E-state index contributed by atoms with van der Waals surface area (Å²) < 4.78 is 12.9. The minimum Gasteiger partial charge on any atom is -0.374 e. The van der Waals surface area contributed by atoms with Gasteiger partial charge in [-0.1, -0.05) is 12.1 Å². The summed E-state index contributed by atoms with van der Waals surface area (Å²) in [6, 6.07) is 12.0. The number of anilines is 1. The van der Waals surface area contributed by atoms with E-state index in [0.29, 0.717) is 12.1 Å². The average molecular weight is 298 g/mol. The summed E-state index contributed by atoms with van der Waals surface area (Å²) in [6.45, 7) is 1.46. The van der Waals surface area contributed by atoms with Crippen LogP contribution in [0.5, 0.6) is 0 Å². The number of hydrogen-bond acceptors (Lipinski definition) is 2. The fourth-order valence-electron chi connectivity index (χ4n) is 2.81. The van der Waals surface area contributed by atoms with Gasteiger partial charge in [-0.3, -0.25) is 4.79 Å². The number of benzene rings is 2. The van der Waals surface area contributed by atoms with Crippen molar-refractivity contribution in [3.63, 3.8) is 0 Å². The van der Waals surface area contributed by atoms with Crippen molar-refractivity contribution in [1.29, 1.82) is 0 Å². The Bertz CT molecular complexity index is 682. The van der Waals surface area contributed by atoms with Crippen LogP contribution in [0, 0.1) is 5.82 Å². The Labute approximate surface area is 129 Å². The molecule has 22 heavy (non-hydrogen) atoms. The average Bonchev–Trinajstić information content (AvgIpc) is 2.54. The van der Waals surface area contributed by atoms with Gasteiger partial charge in [-0.15, -0.1) is 0 Å². The molecule has 0 aromatic heterocycles. The van der Waals surface area contributed by atoms with E-state index in [-0.39, 0.29) is 11.7 Å². The van der Waals surface area contributed by atoms with Crippen molar-refractivity contribution in [2.45, 2.75) is 19.4 Å². The van der Waals surface area contributed by atoms with Crippen molar-refractivity contribution in [2.24, 2.45) is 0 Å². The van der Waals surface area contributed by atoms with Gasteiger partial charge in [-0.25, -0.2) is 4.39 Å². The molecule has 0 fully saturated rings. The van der Waals surface area contributed by atoms with Gasteiger partial charge >= 0.3 is 0 Å². The van der Waals surface area contributed by atoms with Crippen molar-refractivity contribution in [2.75, 3.05) is 18.5 Å². The van der Waals surface area contributed by atoms with Gasteiger partial charge in [-0.05, 0) is 54.3 Å². The number of nitrogens with zero attached hydrogens (tertiary/aromatic N) is 1. The lowest BCUT2D eigenvalue weighted by atomic mass is 9.99. The first-order valence-electron chi connectivity index (χ1n) is 7.50. The van der Waals surface area contributed by atoms with Crippen molar-refractivity contribution >= 4 is 11.6 Å². The standard InChI is InChI=1S/C18H19FN2O/c1-21-10-2-3-14-11-15(6-9-17(14)21)18(22)20-12-13-4-7-16(19)8-5-13/h4-9,11H,2-3,10,12H2,1H3,(H,20,22). The molecule has 0 saturated heterocycles. The topological polar surface area (TPSA) is 32.3 Å². The van der Waals surface area contributed by atoms with E-state index in [1.165, 1.54) is 23.4 Å².